The van der Waals surface area contributed by atoms with Crippen LogP contribution in [0.1, 0.15) is 0 Å². The minimum absolute atomic E-state index is 1.03. The van der Waals surface area contributed by atoms with Crippen LogP contribution in [0.4, 0.5) is 5.69 Å². The minimum atomic E-state index is 1.03. The van der Waals surface area contributed by atoms with Crippen LogP contribution in [-0.4, -0.2) is 23.3 Å². The number of para-hydroxylation sites is 1. The normalized spacial score (nSPS) is 10.0. The molecule has 2 nitrogen and oxygen atoms in total. The predicted molar refractivity (Wildman–Crippen MR) is 48.8 cm³/mol. The fourth-order valence-electron chi connectivity index (χ4n) is 0.746. The summed E-state index contributed by atoms with van der Waals surface area (Å²) in [6.45, 7) is 0. The van der Waals surface area contributed by atoms with Crippen molar-refractivity contribution in [2.45, 2.75) is 0 Å². The van der Waals surface area contributed by atoms with Crippen molar-refractivity contribution in [2.75, 3.05) is 19.4 Å². The third-order valence-corrected chi connectivity index (χ3v) is 2.33. The van der Waals surface area contributed by atoms with E-state index in [-0.39, 0.29) is 0 Å². The molecule has 67 valence electrons. The van der Waals surface area contributed by atoms with Gasteiger partial charge in [0.2, 0.25) is 0 Å². The maximum atomic E-state index is 3.24. The number of hydrogen-bond donors (Lipinski definition) is 1. The van der Waals surface area contributed by atoms with Crippen molar-refractivity contribution < 1.29 is 17.9 Å². The number of nitrogens with one attached hydrogen (secondary N) is 1. The van der Waals surface area contributed by atoms with Crippen LogP contribution in [-0.2, 0) is 17.9 Å². The van der Waals surface area contributed by atoms with Crippen LogP contribution in [0.15, 0.2) is 30.3 Å². The number of benzene rings is 1. The zero-order valence-corrected chi connectivity index (χ0v) is 8.81. The number of rotatable bonds is 3. The van der Waals surface area contributed by atoms with E-state index in [1.165, 1.54) is 0 Å². The molecule has 0 radical (unpaired) electrons. The third kappa shape index (κ3) is 2.84. The van der Waals surface area contributed by atoms with E-state index in [2.05, 4.69) is 23.2 Å². The topological polar surface area (TPSA) is 15.3 Å². The van der Waals surface area contributed by atoms with Crippen molar-refractivity contribution in [2.24, 2.45) is 0 Å². The molecule has 0 saturated heterocycles. The zero-order valence-electron chi connectivity index (χ0n) is 7.17. The summed E-state index contributed by atoms with van der Waals surface area (Å²) in [5.41, 5.74) is 1.10. The maximum absolute atomic E-state index is 3.24. The second-order valence-electron chi connectivity index (χ2n) is 2.66. The standard InChI is InChI=1S/C9H12N2.Rh/c1-11(2)8-10-9-6-4-3-5-7-9;/h3-7,10H,1-2H3;. The van der Waals surface area contributed by atoms with E-state index in [4.69, 9.17) is 0 Å². The molecule has 0 amide bonds. The van der Waals surface area contributed by atoms with Crippen molar-refractivity contribution in [1.82, 2.24) is 4.90 Å². The fraction of sp³-hybridized carbons (Fsp3) is 0.222. The molecule has 12 heavy (non-hydrogen) atoms. The summed E-state index contributed by atoms with van der Waals surface area (Å²) in [6.07, 6.45) is 0. The van der Waals surface area contributed by atoms with Gasteiger partial charge in [-0.3, -0.25) is 0 Å². The predicted octanol–water partition coefficient (Wildman–Crippen LogP) is 1.29. The Bertz CT molecular complexity index is 256. The van der Waals surface area contributed by atoms with Crippen LogP contribution < -0.4 is 5.32 Å². The first-order valence-corrected chi connectivity index (χ1v) is 4.51. The van der Waals surface area contributed by atoms with Crippen molar-refractivity contribution in [1.29, 1.82) is 0 Å². The molecular weight excluding hydrogens is 239 g/mol. The zero-order chi connectivity index (χ0) is 8.97. The average Bonchev–Trinajstić information content (AvgIpc) is 2.06. The fourth-order valence-corrected chi connectivity index (χ4v) is 0.982. The quantitative estimate of drug-likeness (QED) is 0.814. The van der Waals surface area contributed by atoms with Gasteiger partial charge in [0.1, 0.15) is 0 Å². The van der Waals surface area contributed by atoms with Gasteiger partial charge in [-0.05, 0) is 0 Å². The summed E-state index contributed by atoms with van der Waals surface area (Å²) < 4.78 is 1.03. The van der Waals surface area contributed by atoms with E-state index >= 15 is 0 Å². The molecule has 1 N–H and O–H groups in total. The summed E-state index contributed by atoms with van der Waals surface area (Å²) in [5.74, 6) is 0. The van der Waals surface area contributed by atoms with Crippen molar-refractivity contribution in [3.8, 4) is 0 Å². The Labute approximate surface area is 82.8 Å². The second kappa shape index (κ2) is 4.49. The van der Waals surface area contributed by atoms with E-state index in [9.17, 15) is 0 Å². The van der Waals surface area contributed by atoms with Crippen molar-refractivity contribution >= 4 is 10.0 Å². The van der Waals surface area contributed by atoms with E-state index in [0.29, 0.717) is 0 Å². The summed E-state index contributed by atoms with van der Waals surface area (Å²) in [7, 11) is 3.98. The molecule has 1 aromatic rings. The Morgan fingerprint density at radius 2 is 1.83 bits per heavy atom. The summed E-state index contributed by atoms with van der Waals surface area (Å²) >= 11 is 2.85. The molecule has 0 atom stereocenters. The third-order valence-electron chi connectivity index (χ3n) is 1.39. The van der Waals surface area contributed by atoms with Gasteiger partial charge in [-0.25, -0.2) is 0 Å². The Balaban J connectivity index is 2.59. The Morgan fingerprint density at radius 3 is 2.33 bits per heavy atom. The van der Waals surface area contributed by atoms with Crippen LogP contribution >= 0.6 is 0 Å². The first kappa shape index (κ1) is 9.56. The second-order valence-corrected chi connectivity index (χ2v) is 3.43. The molecular formula is C9H12N2Rh. The summed E-state index contributed by atoms with van der Waals surface area (Å²) in [5, 5.41) is 3.24. The monoisotopic (exact) mass is 251 g/mol. The van der Waals surface area contributed by atoms with Gasteiger partial charge in [0.05, 0.1) is 0 Å². The Kier molecular flexibility index (Phi) is 3.57. The molecule has 3 heteroatoms. The summed E-state index contributed by atoms with van der Waals surface area (Å²) in [4.78, 5) is 2.00. The Morgan fingerprint density at radius 1 is 1.25 bits per heavy atom. The van der Waals surface area contributed by atoms with E-state index in [1.54, 1.807) is 0 Å². The van der Waals surface area contributed by atoms with Crippen molar-refractivity contribution in [3.05, 3.63) is 30.3 Å². The van der Waals surface area contributed by atoms with Gasteiger partial charge in [-0.1, -0.05) is 0 Å². The molecule has 1 rings (SSSR count). The molecule has 0 aliphatic rings. The molecule has 0 unspecified atom stereocenters. The van der Waals surface area contributed by atoms with Crippen LogP contribution in [0.5, 0.6) is 0 Å². The number of anilines is 1. The van der Waals surface area contributed by atoms with Gasteiger partial charge in [0, 0.05) is 0 Å². The summed E-state index contributed by atoms with van der Waals surface area (Å²) in [6, 6.07) is 10.1. The molecule has 0 saturated carbocycles. The van der Waals surface area contributed by atoms with E-state index in [1.807, 2.05) is 49.3 Å². The SMILES string of the molecule is CN(C)[C](=[Rh])Nc1ccccc1. The number of nitrogens with zero attached hydrogens (tertiary/aromatic N) is 1. The molecule has 0 aliphatic heterocycles. The van der Waals surface area contributed by atoms with Crippen LogP contribution in [0.3, 0.4) is 0 Å². The van der Waals surface area contributed by atoms with E-state index < -0.39 is 0 Å². The Hall–Kier alpha value is -0.527. The van der Waals surface area contributed by atoms with Crippen LogP contribution in [0, 0.1) is 0 Å². The van der Waals surface area contributed by atoms with Crippen molar-refractivity contribution in [3.63, 3.8) is 0 Å². The first-order valence-electron chi connectivity index (χ1n) is 3.70. The molecule has 0 heterocycles. The van der Waals surface area contributed by atoms with Gasteiger partial charge < -0.3 is 0 Å². The molecule has 0 aliphatic carbocycles. The van der Waals surface area contributed by atoms with Gasteiger partial charge in [-0.2, -0.15) is 0 Å². The van der Waals surface area contributed by atoms with Gasteiger partial charge in [0.25, 0.3) is 0 Å². The molecule has 1 aromatic carbocycles. The van der Waals surface area contributed by atoms with Gasteiger partial charge in [-0.15, -0.1) is 0 Å². The average molecular weight is 251 g/mol. The molecule has 0 aromatic heterocycles. The van der Waals surface area contributed by atoms with Gasteiger partial charge >= 0.3 is 82.5 Å². The molecule has 0 bridgehead atoms. The van der Waals surface area contributed by atoms with Gasteiger partial charge in [0.15, 0.2) is 0 Å². The van der Waals surface area contributed by atoms with Crippen LogP contribution in [0.25, 0.3) is 0 Å². The van der Waals surface area contributed by atoms with E-state index in [0.717, 1.165) is 10.0 Å². The molecule has 0 spiro atoms. The number of hydrogen-bond acceptors (Lipinski definition) is 2. The van der Waals surface area contributed by atoms with Crippen LogP contribution in [0.2, 0.25) is 0 Å². The molecule has 0 fully saturated rings. The first-order chi connectivity index (χ1) is 5.70.